The largest absolute Gasteiger partial charge is 0.480 e. The van der Waals surface area contributed by atoms with Gasteiger partial charge in [-0.05, 0) is 24.2 Å². The molecule has 26 heavy (non-hydrogen) atoms. The predicted octanol–water partition coefficient (Wildman–Crippen LogP) is 1.14. The maximum Gasteiger partial charge on any atom is 0.323 e. The standard InChI is InChI=1S/C17H18N2O5S2/c1-17(2)10-5-3-6(11(10)25-13-12(17)26-16(24)18-13)9-8(5)14(22)19(15(9)23)4-7(20)21/h5-6,8-11H,3-4H2,1-2H3,(H,18,24)(H,20,21)/t5-,6-,8-,9-,10-,11+/m0/s1. The summed E-state index contributed by atoms with van der Waals surface area (Å²) in [5.41, 5.74) is -0.247. The van der Waals surface area contributed by atoms with E-state index >= 15 is 0 Å². The Labute approximate surface area is 157 Å². The van der Waals surface area contributed by atoms with Gasteiger partial charge >= 0.3 is 10.8 Å². The van der Waals surface area contributed by atoms with Crippen molar-refractivity contribution in [1.29, 1.82) is 0 Å². The Morgan fingerprint density at radius 1 is 1.23 bits per heavy atom. The number of thioether (sulfide) groups is 1. The van der Waals surface area contributed by atoms with Crippen molar-refractivity contribution in [2.45, 2.75) is 36.0 Å². The summed E-state index contributed by atoms with van der Waals surface area (Å²) in [5.74, 6) is -2.26. The van der Waals surface area contributed by atoms with E-state index in [1.165, 1.54) is 11.3 Å². The molecule has 0 aromatic carbocycles. The van der Waals surface area contributed by atoms with Gasteiger partial charge in [0, 0.05) is 15.5 Å². The lowest BCUT2D eigenvalue weighted by Crippen LogP contribution is -2.48. The van der Waals surface area contributed by atoms with E-state index in [0.29, 0.717) is 0 Å². The first-order chi connectivity index (χ1) is 12.2. The van der Waals surface area contributed by atoms with E-state index in [1.807, 2.05) is 0 Å². The lowest BCUT2D eigenvalue weighted by atomic mass is 9.64. The second-order valence-corrected chi connectivity index (χ2v) is 10.4. The van der Waals surface area contributed by atoms with Crippen molar-refractivity contribution in [2.75, 3.05) is 6.54 Å². The number of nitrogens with one attached hydrogen (secondary N) is 1. The highest BCUT2D eigenvalue weighted by atomic mass is 32.2. The highest BCUT2D eigenvalue weighted by Gasteiger charge is 2.70. The van der Waals surface area contributed by atoms with E-state index in [2.05, 4.69) is 18.8 Å². The van der Waals surface area contributed by atoms with Crippen LogP contribution in [0.2, 0.25) is 0 Å². The maximum absolute atomic E-state index is 12.8. The van der Waals surface area contributed by atoms with Gasteiger partial charge in [0.15, 0.2) is 0 Å². The Balaban J connectivity index is 1.57. The molecule has 5 rings (SSSR count). The molecule has 4 aliphatic rings. The number of amides is 2. The lowest BCUT2D eigenvalue weighted by molar-refractivity contribution is -0.149. The van der Waals surface area contributed by atoms with Crippen LogP contribution in [0, 0.1) is 29.6 Å². The quantitative estimate of drug-likeness (QED) is 0.729. The zero-order chi connectivity index (χ0) is 18.5. The molecule has 2 N–H and O–H groups in total. The van der Waals surface area contributed by atoms with Crippen LogP contribution in [0.5, 0.6) is 0 Å². The summed E-state index contributed by atoms with van der Waals surface area (Å²) in [6, 6.07) is 0. The van der Waals surface area contributed by atoms with Crippen molar-refractivity contribution in [1.82, 2.24) is 9.88 Å². The van der Waals surface area contributed by atoms with Gasteiger partial charge in [-0.1, -0.05) is 25.2 Å². The van der Waals surface area contributed by atoms with E-state index in [1.54, 1.807) is 11.8 Å². The highest BCUT2D eigenvalue weighted by Crippen LogP contribution is 2.68. The fourth-order valence-corrected chi connectivity index (χ4v) is 9.16. The molecule has 2 aliphatic heterocycles. The maximum atomic E-state index is 12.8. The molecule has 0 unspecified atom stereocenters. The highest BCUT2D eigenvalue weighted by molar-refractivity contribution is 8.00. The van der Waals surface area contributed by atoms with Crippen molar-refractivity contribution in [3.63, 3.8) is 0 Å². The first kappa shape index (κ1) is 16.6. The van der Waals surface area contributed by atoms with Crippen LogP contribution in [0.15, 0.2) is 9.82 Å². The van der Waals surface area contributed by atoms with Crippen LogP contribution in [0.1, 0.15) is 25.1 Å². The summed E-state index contributed by atoms with van der Waals surface area (Å²) >= 11 is 2.87. The summed E-state index contributed by atoms with van der Waals surface area (Å²) in [6.45, 7) is 3.70. The first-order valence-electron chi connectivity index (χ1n) is 8.69. The van der Waals surface area contributed by atoms with Crippen molar-refractivity contribution in [3.8, 4) is 0 Å². The van der Waals surface area contributed by atoms with Gasteiger partial charge in [0.1, 0.15) is 6.54 Å². The van der Waals surface area contributed by atoms with Crippen molar-refractivity contribution < 1.29 is 19.5 Å². The van der Waals surface area contributed by atoms with Crippen LogP contribution < -0.4 is 4.87 Å². The van der Waals surface area contributed by atoms with E-state index in [4.69, 9.17) is 5.11 Å². The first-order valence-corrected chi connectivity index (χ1v) is 10.4. The van der Waals surface area contributed by atoms with Crippen LogP contribution in [0.4, 0.5) is 0 Å². The SMILES string of the molecule is CC1(C)c2sc(=O)[nH]c2S[C@@H]2[C@H]3C[C@@H]([C@@H]4C(=O)N(CC(=O)O)C(=O)[C@@H]34)[C@@H]21. The molecule has 2 bridgehead atoms. The number of H-pyrrole nitrogens is 1. The molecule has 2 aliphatic carbocycles. The molecule has 0 spiro atoms. The van der Waals surface area contributed by atoms with Crippen molar-refractivity contribution >= 4 is 40.9 Å². The minimum Gasteiger partial charge on any atom is -0.480 e. The number of carboxylic acids is 1. The third-order valence-corrected chi connectivity index (χ3v) is 9.58. The third-order valence-electron chi connectivity index (χ3n) is 6.78. The molecule has 3 fully saturated rings. The number of nitrogens with zero attached hydrogens (tertiary/aromatic N) is 1. The summed E-state index contributed by atoms with van der Waals surface area (Å²) in [5, 5.41) is 10.1. The molecule has 9 heteroatoms. The number of hydrogen-bond donors (Lipinski definition) is 2. The second kappa shape index (κ2) is 5.01. The van der Waals surface area contributed by atoms with Gasteiger partial charge in [-0.25, -0.2) is 0 Å². The summed E-state index contributed by atoms with van der Waals surface area (Å²) in [7, 11) is 0. The molecule has 3 heterocycles. The number of aromatic amines is 1. The zero-order valence-electron chi connectivity index (χ0n) is 14.2. The van der Waals surface area contributed by atoms with Gasteiger partial charge in [0.25, 0.3) is 0 Å². The minimum absolute atomic E-state index is 0.0612. The summed E-state index contributed by atoms with van der Waals surface area (Å²) in [6.07, 6.45) is 0.832. The molecule has 1 aromatic heterocycles. The molecular weight excluding hydrogens is 376 g/mol. The number of aromatic nitrogens is 1. The Hall–Kier alpha value is -1.61. The number of rotatable bonds is 2. The van der Waals surface area contributed by atoms with Crippen molar-refractivity contribution in [2.24, 2.45) is 29.6 Å². The molecule has 6 atom stereocenters. The van der Waals surface area contributed by atoms with Crippen LogP contribution >= 0.6 is 23.1 Å². The molecule has 7 nitrogen and oxygen atoms in total. The number of carbonyl (C=O) groups excluding carboxylic acids is 2. The van der Waals surface area contributed by atoms with Gasteiger partial charge in [0.05, 0.1) is 16.9 Å². The Morgan fingerprint density at radius 2 is 1.88 bits per heavy atom. The van der Waals surface area contributed by atoms with E-state index in [-0.39, 0.29) is 45.1 Å². The number of thiazole rings is 1. The van der Waals surface area contributed by atoms with Gasteiger partial charge in [0.2, 0.25) is 11.8 Å². The van der Waals surface area contributed by atoms with E-state index in [9.17, 15) is 19.2 Å². The second-order valence-electron chi connectivity index (χ2n) is 8.27. The average Bonchev–Trinajstić information content (AvgIpc) is 3.25. The molecular formula is C17H18N2O5S2. The number of aliphatic carboxylic acids is 1. The number of imide groups is 1. The normalized spacial score (nSPS) is 39.1. The number of carboxylic acid groups (broad SMARTS) is 1. The molecule has 0 radical (unpaired) electrons. The number of likely N-dealkylation sites (tertiary alicyclic amines) is 1. The molecule has 1 aromatic rings. The Kier molecular flexibility index (Phi) is 3.19. The lowest BCUT2D eigenvalue weighted by Gasteiger charge is -2.47. The Morgan fingerprint density at radius 3 is 2.54 bits per heavy atom. The van der Waals surface area contributed by atoms with Crippen LogP contribution in [-0.2, 0) is 19.8 Å². The van der Waals surface area contributed by atoms with Crippen LogP contribution in [-0.4, -0.2) is 44.6 Å². The fraction of sp³-hybridized carbons (Fsp3) is 0.647. The molecule has 138 valence electrons. The summed E-state index contributed by atoms with van der Waals surface area (Å²) < 4.78 is 0. The van der Waals surface area contributed by atoms with Gasteiger partial charge in [-0.15, -0.1) is 11.8 Å². The smallest absolute Gasteiger partial charge is 0.323 e. The fourth-order valence-electron chi connectivity index (χ4n) is 6.01. The van der Waals surface area contributed by atoms with E-state index < -0.39 is 24.3 Å². The van der Waals surface area contributed by atoms with Crippen LogP contribution in [0.25, 0.3) is 0 Å². The zero-order valence-corrected chi connectivity index (χ0v) is 15.9. The monoisotopic (exact) mass is 394 g/mol. The number of fused-ring (bicyclic) bond motifs is 9. The summed E-state index contributed by atoms with van der Waals surface area (Å²) in [4.78, 5) is 53.4. The van der Waals surface area contributed by atoms with Gasteiger partial charge in [-0.3, -0.25) is 24.1 Å². The predicted molar refractivity (Wildman–Crippen MR) is 94.0 cm³/mol. The van der Waals surface area contributed by atoms with Gasteiger partial charge < -0.3 is 10.1 Å². The minimum atomic E-state index is -1.16. The number of carbonyl (C=O) groups is 3. The number of hydrogen-bond acceptors (Lipinski definition) is 6. The molecule has 1 saturated heterocycles. The average molecular weight is 394 g/mol. The third kappa shape index (κ3) is 1.85. The van der Waals surface area contributed by atoms with Gasteiger partial charge in [-0.2, -0.15) is 0 Å². The molecule has 2 saturated carbocycles. The van der Waals surface area contributed by atoms with Crippen LogP contribution in [0.3, 0.4) is 0 Å². The van der Waals surface area contributed by atoms with Crippen molar-refractivity contribution in [3.05, 3.63) is 14.5 Å². The molecule has 2 amide bonds. The van der Waals surface area contributed by atoms with E-state index in [0.717, 1.165) is 21.2 Å². The Bertz CT molecular complexity index is 918. The topological polar surface area (TPSA) is 108 Å².